The van der Waals surface area contributed by atoms with E-state index in [1.165, 1.54) is 0 Å². The summed E-state index contributed by atoms with van der Waals surface area (Å²) in [4.78, 5) is 15.5. The van der Waals surface area contributed by atoms with Gasteiger partial charge in [-0.3, -0.25) is 9.79 Å². The average molecular weight is 310 g/mol. The van der Waals surface area contributed by atoms with Gasteiger partial charge < -0.3 is 19.9 Å². The predicted octanol–water partition coefficient (Wildman–Crippen LogP) is 1.80. The molecule has 0 amide bonds. The summed E-state index contributed by atoms with van der Waals surface area (Å²) in [5, 5.41) is 10.2. The highest BCUT2D eigenvalue weighted by Crippen LogP contribution is 2.13. The minimum Gasteiger partial charge on any atom is -0.463 e. The summed E-state index contributed by atoms with van der Waals surface area (Å²) in [6, 6.07) is 1.92. The van der Waals surface area contributed by atoms with E-state index in [0.717, 1.165) is 11.5 Å². The predicted molar refractivity (Wildman–Crippen MR) is 84.6 cm³/mol. The van der Waals surface area contributed by atoms with E-state index in [2.05, 4.69) is 34.6 Å². The molecule has 124 valence electrons. The number of hydrogen-bond donors (Lipinski definition) is 2. The zero-order valence-electron chi connectivity index (χ0n) is 14.0. The number of rotatable bonds is 7. The van der Waals surface area contributed by atoms with E-state index in [4.69, 9.17) is 9.26 Å². The molecule has 0 radical (unpaired) electrons. The third-order valence-electron chi connectivity index (χ3n) is 2.81. The van der Waals surface area contributed by atoms with Crippen molar-refractivity contribution in [1.82, 2.24) is 15.8 Å². The Hall–Kier alpha value is -2.05. The molecular formula is C15H26N4O3. The molecule has 1 rings (SSSR count). The van der Waals surface area contributed by atoms with Crippen LogP contribution in [0.5, 0.6) is 0 Å². The maximum Gasteiger partial charge on any atom is 0.307 e. The number of guanidine groups is 1. The topological polar surface area (TPSA) is 88.8 Å². The second-order valence-electron chi connectivity index (χ2n) is 5.51. The van der Waals surface area contributed by atoms with Crippen molar-refractivity contribution in [3.05, 3.63) is 17.5 Å². The number of hydrogen-bond acceptors (Lipinski definition) is 5. The summed E-state index contributed by atoms with van der Waals surface area (Å²) < 4.78 is 10.3. The highest BCUT2D eigenvalue weighted by molar-refractivity contribution is 5.80. The summed E-state index contributed by atoms with van der Waals surface area (Å²) in [6.45, 7) is 8.72. The zero-order chi connectivity index (χ0) is 16.5. The molecule has 0 aliphatic heterocycles. The van der Waals surface area contributed by atoms with Gasteiger partial charge >= 0.3 is 5.97 Å². The fourth-order valence-electron chi connectivity index (χ4n) is 1.68. The fraction of sp³-hybridized carbons (Fsp3) is 0.667. The monoisotopic (exact) mass is 310 g/mol. The lowest BCUT2D eigenvalue weighted by Gasteiger charge is -2.11. The molecule has 0 saturated heterocycles. The number of carbonyl (C=O) groups excluding carboxylic acids is 1. The summed E-state index contributed by atoms with van der Waals surface area (Å²) in [6.07, 6.45) is 0.199. The number of nitrogens with one attached hydrogen (secondary N) is 2. The molecule has 0 aliphatic rings. The van der Waals surface area contributed by atoms with Gasteiger partial charge in [-0.2, -0.15) is 0 Å². The molecule has 0 fully saturated rings. The van der Waals surface area contributed by atoms with Gasteiger partial charge in [-0.15, -0.1) is 0 Å². The van der Waals surface area contributed by atoms with E-state index < -0.39 is 0 Å². The molecule has 1 aromatic rings. The Morgan fingerprint density at radius 3 is 2.64 bits per heavy atom. The zero-order valence-corrected chi connectivity index (χ0v) is 14.0. The number of nitrogens with zero attached hydrogens (tertiary/aromatic N) is 2. The van der Waals surface area contributed by atoms with Crippen LogP contribution in [0.3, 0.4) is 0 Å². The van der Waals surface area contributed by atoms with Crippen molar-refractivity contribution in [3.8, 4) is 0 Å². The molecule has 7 heteroatoms. The van der Waals surface area contributed by atoms with Crippen LogP contribution in [-0.4, -0.2) is 36.8 Å². The molecule has 7 nitrogen and oxygen atoms in total. The van der Waals surface area contributed by atoms with Crippen molar-refractivity contribution in [2.24, 2.45) is 4.99 Å². The Balaban J connectivity index is 2.31. The first-order chi connectivity index (χ1) is 10.4. The van der Waals surface area contributed by atoms with Gasteiger partial charge in [0, 0.05) is 19.7 Å². The van der Waals surface area contributed by atoms with Crippen LogP contribution >= 0.6 is 0 Å². The van der Waals surface area contributed by atoms with Gasteiger partial charge in [-0.1, -0.05) is 19.0 Å². The SMILES string of the molecule is CN=C(NCCC(=O)OC(C)C)NCc1cc(C(C)C)no1. The first kappa shape index (κ1) is 18.0. The number of ether oxygens (including phenoxy) is 1. The second kappa shape index (κ2) is 9.07. The molecule has 0 aliphatic carbocycles. The van der Waals surface area contributed by atoms with E-state index in [0.29, 0.717) is 31.4 Å². The van der Waals surface area contributed by atoms with Crippen LogP contribution < -0.4 is 10.6 Å². The van der Waals surface area contributed by atoms with E-state index in [-0.39, 0.29) is 12.1 Å². The van der Waals surface area contributed by atoms with Crippen molar-refractivity contribution in [2.75, 3.05) is 13.6 Å². The van der Waals surface area contributed by atoms with E-state index in [1.54, 1.807) is 7.05 Å². The van der Waals surface area contributed by atoms with Crippen LogP contribution in [0.1, 0.15) is 51.5 Å². The standard InChI is InChI=1S/C15H26N4O3/c1-10(2)13-8-12(22-19-13)9-18-15(16-5)17-7-6-14(20)21-11(3)4/h8,10-11H,6-7,9H2,1-5H3,(H2,16,17,18). The van der Waals surface area contributed by atoms with Gasteiger partial charge in [0.25, 0.3) is 0 Å². The van der Waals surface area contributed by atoms with Crippen LogP contribution in [0.15, 0.2) is 15.6 Å². The van der Waals surface area contributed by atoms with Crippen molar-refractivity contribution >= 4 is 11.9 Å². The van der Waals surface area contributed by atoms with Gasteiger partial charge in [0.15, 0.2) is 11.7 Å². The quantitative estimate of drug-likeness (QED) is 0.453. The van der Waals surface area contributed by atoms with Crippen molar-refractivity contribution < 1.29 is 14.1 Å². The summed E-state index contributed by atoms with van der Waals surface area (Å²) >= 11 is 0. The lowest BCUT2D eigenvalue weighted by atomic mass is 10.1. The third kappa shape index (κ3) is 6.60. The lowest BCUT2D eigenvalue weighted by Crippen LogP contribution is -2.38. The molecule has 2 N–H and O–H groups in total. The number of aliphatic imine (C=N–C) groups is 1. The molecule has 0 saturated carbocycles. The fourth-order valence-corrected chi connectivity index (χ4v) is 1.68. The third-order valence-corrected chi connectivity index (χ3v) is 2.81. The Labute approximate surface area is 131 Å². The van der Waals surface area contributed by atoms with E-state index in [9.17, 15) is 4.79 Å². The Morgan fingerprint density at radius 2 is 2.09 bits per heavy atom. The molecule has 0 aromatic carbocycles. The summed E-state index contributed by atoms with van der Waals surface area (Å²) in [5.41, 5.74) is 0.927. The summed E-state index contributed by atoms with van der Waals surface area (Å²) in [5.74, 6) is 1.45. The molecule has 1 heterocycles. The molecule has 0 unspecified atom stereocenters. The first-order valence-electron chi connectivity index (χ1n) is 7.51. The molecular weight excluding hydrogens is 284 g/mol. The highest BCUT2D eigenvalue weighted by Gasteiger charge is 2.09. The maximum absolute atomic E-state index is 11.4. The van der Waals surface area contributed by atoms with Crippen molar-refractivity contribution in [1.29, 1.82) is 0 Å². The molecule has 1 aromatic heterocycles. The van der Waals surface area contributed by atoms with Crippen LogP contribution in [0.2, 0.25) is 0 Å². The van der Waals surface area contributed by atoms with Crippen LogP contribution in [0, 0.1) is 0 Å². The summed E-state index contributed by atoms with van der Waals surface area (Å²) in [7, 11) is 1.67. The van der Waals surface area contributed by atoms with Crippen LogP contribution in [0.25, 0.3) is 0 Å². The molecule has 0 atom stereocenters. The van der Waals surface area contributed by atoms with Crippen LogP contribution in [0.4, 0.5) is 0 Å². The number of aromatic nitrogens is 1. The van der Waals surface area contributed by atoms with Crippen LogP contribution in [-0.2, 0) is 16.1 Å². The van der Waals surface area contributed by atoms with Gasteiger partial charge in [0.1, 0.15) is 0 Å². The first-order valence-corrected chi connectivity index (χ1v) is 7.51. The van der Waals surface area contributed by atoms with Gasteiger partial charge in [0.05, 0.1) is 24.8 Å². The second-order valence-corrected chi connectivity index (χ2v) is 5.51. The van der Waals surface area contributed by atoms with Crippen molar-refractivity contribution in [3.63, 3.8) is 0 Å². The highest BCUT2D eigenvalue weighted by atomic mass is 16.5. The number of carbonyl (C=O) groups is 1. The molecule has 0 bridgehead atoms. The minimum atomic E-state index is -0.227. The van der Waals surface area contributed by atoms with Gasteiger partial charge in [-0.25, -0.2) is 0 Å². The van der Waals surface area contributed by atoms with E-state index >= 15 is 0 Å². The van der Waals surface area contributed by atoms with Gasteiger partial charge in [-0.05, 0) is 19.8 Å². The van der Waals surface area contributed by atoms with Crippen molar-refractivity contribution in [2.45, 2.75) is 52.7 Å². The Bertz CT molecular complexity index is 495. The average Bonchev–Trinajstić information content (AvgIpc) is 2.90. The normalized spacial score (nSPS) is 11.9. The maximum atomic E-state index is 11.4. The number of esters is 1. The van der Waals surface area contributed by atoms with Gasteiger partial charge in [0.2, 0.25) is 0 Å². The lowest BCUT2D eigenvalue weighted by molar-refractivity contribution is -0.147. The largest absolute Gasteiger partial charge is 0.463 e. The minimum absolute atomic E-state index is 0.0912. The van der Waals surface area contributed by atoms with E-state index in [1.807, 2.05) is 19.9 Å². The Kier molecular flexibility index (Phi) is 7.42. The molecule has 22 heavy (non-hydrogen) atoms. The Morgan fingerprint density at radius 1 is 1.36 bits per heavy atom. The molecule has 0 spiro atoms. The smallest absolute Gasteiger partial charge is 0.307 e.